The van der Waals surface area contributed by atoms with Gasteiger partial charge in [-0.3, -0.25) is 9.59 Å². The molecule has 1 aliphatic heterocycles. The van der Waals surface area contributed by atoms with Crippen LogP contribution >= 0.6 is 0 Å². The van der Waals surface area contributed by atoms with Crippen molar-refractivity contribution >= 4 is 11.8 Å². The Balaban J connectivity index is 2.01. The van der Waals surface area contributed by atoms with Crippen molar-refractivity contribution in [3.05, 3.63) is 29.8 Å². The maximum Gasteiger partial charge on any atom is 0.242 e. The summed E-state index contributed by atoms with van der Waals surface area (Å²) in [6.45, 7) is 0.570. The number of rotatable bonds is 4. The van der Waals surface area contributed by atoms with Gasteiger partial charge < -0.3 is 21.1 Å². The second-order valence-electron chi connectivity index (χ2n) is 5.28. The first-order chi connectivity index (χ1) is 10.0. The second-order valence-corrected chi connectivity index (χ2v) is 5.28. The van der Waals surface area contributed by atoms with Crippen molar-refractivity contribution in [1.29, 1.82) is 0 Å². The van der Waals surface area contributed by atoms with Crippen molar-refractivity contribution in [2.24, 2.45) is 5.73 Å². The molecule has 0 radical (unpaired) electrons. The quantitative estimate of drug-likeness (QED) is 0.727. The predicted molar refractivity (Wildman–Crippen MR) is 78.6 cm³/mol. The van der Waals surface area contributed by atoms with Crippen LogP contribution in [-0.2, 0) is 16.0 Å². The zero-order chi connectivity index (χ0) is 15.4. The summed E-state index contributed by atoms with van der Waals surface area (Å²) in [6, 6.07) is 5.52. The molecule has 6 heteroatoms. The molecule has 1 aromatic rings. The van der Waals surface area contributed by atoms with E-state index in [0.29, 0.717) is 19.4 Å². The lowest BCUT2D eigenvalue weighted by atomic mass is 10.0. The van der Waals surface area contributed by atoms with Crippen molar-refractivity contribution in [3.8, 4) is 5.75 Å². The van der Waals surface area contributed by atoms with Crippen LogP contribution in [0.15, 0.2) is 24.3 Å². The van der Waals surface area contributed by atoms with E-state index in [-0.39, 0.29) is 17.6 Å². The molecule has 21 heavy (non-hydrogen) atoms. The van der Waals surface area contributed by atoms with E-state index in [0.717, 1.165) is 12.0 Å². The molecule has 0 saturated carbocycles. The van der Waals surface area contributed by atoms with E-state index < -0.39 is 12.1 Å². The number of hydrogen-bond donors (Lipinski definition) is 3. The SMILES string of the molecule is CNC(=O)C1CCCN1C(=O)C(N)Cc1ccc(O)cc1. The van der Waals surface area contributed by atoms with E-state index >= 15 is 0 Å². The number of nitrogens with two attached hydrogens (primary N) is 1. The Bertz CT molecular complexity index is 515. The Kier molecular flexibility index (Phi) is 4.80. The normalized spacial score (nSPS) is 19.3. The number of benzene rings is 1. The summed E-state index contributed by atoms with van der Waals surface area (Å²) in [6.07, 6.45) is 1.88. The maximum atomic E-state index is 12.4. The predicted octanol–water partition coefficient (Wildman–Crippen LogP) is -0.001000. The van der Waals surface area contributed by atoms with E-state index in [4.69, 9.17) is 5.73 Å². The smallest absolute Gasteiger partial charge is 0.242 e. The fraction of sp³-hybridized carbons (Fsp3) is 0.467. The molecule has 1 aromatic carbocycles. The minimum absolute atomic E-state index is 0.141. The molecule has 0 spiro atoms. The summed E-state index contributed by atoms with van der Waals surface area (Å²) in [5, 5.41) is 11.8. The van der Waals surface area contributed by atoms with Crippen LogP contribution in [0.3, 0.4) is 0 Å². The minimum Gasteiger partial charge on any atom is -0.508 e. The zero-order valence-electron chi connectivity index (χ0n) is 12.1. The molecule has 1 fully saturated rings. The van der Waals surface area contributed by atoms with Gasteiger partial charge in [0, 0.05) is 13.6 Å². The van der Waals surface area contributed by atoms with Gasteiger partial charge in [-0.25, -0.2) is 0 Å². The van der Waals surface area contributed by atoms with Crippen LogP contribution in [0.1, 0.15) is 18.4 Å². The van der Waals surface area contributed by atoms with Crippen LogP contribution in [0.4, 0.5) is 0 Å². The average Bonchev–Trinajstić information content (AvgIpc) is 2.97. The van der Waals surface area contributed by atoms with Gasteiger partial charge in [0.05, 0.1) is 6.04 Å². The molecule has 0 aliphatic carbocycles. The molecule has 2 rings (SSSR count). The number of carbonyl (C=O) groups excluding carboxylic acids is 2. The van der Waals surface area contributed by atoms with Crippen molar-refractivity contribution in [2.75, 3.05) is 13.6 Å². The topological polar surface area (TPSA) is 95.7 Å². The minimum atomic E-state index is -0.681. The molecule has 1 heterocycles. The third-order valence-electron chi connectivity index (χ3n) is 3.79. The molecule has 114 valence electrons. The Hall–Kier alpha value is -2.08. The monoisotopic (exact) mass is 291 g/mol. The van der Waals surface area contributed by atoms with Crippen LogP contribution < -0.4 is 11.1 Å². The van der Waals surface area contributed by atoms with Crippen molar-refractivity contribution in [2.45, 2.75) is 31.3 Å². The van der Waals surface area contributed by atoms with Crippen LogP contribution in [0.5, 0.6) is 5.75 Å². The van der Waals surface area contributed by atoms with Crippen LogP contribution in [0.25, 0.3) is 0 Å². The van der Waals surface area contributed by atoms with E-state index in [2.05, 4.69) is 5.32 Å². The molecular weight excluding hydrogens is 270 g/mol. The van der Waals surface area contributed by atoms with Gasteiger partial charge in [0.1, 0.15) is 11.8 Å². The lowest BCUT2D eigenvalue weighted by molar-refractivity contribution is -0.139. The summed E-state index contributed by atoms with van der Waals surface area (Å²) >= 11 is 0. The lowest BCUT2D eigenvalue weighted by Crippen LogP contribution is -2.51. The maximum absolute atomic E-state index is 12.4. The van der Waals surface area contributed by atoms with Gasteiger partial charge in [-0.1, -0.05) is 12.1 Å². The molecular formula is C15H21N3O3. The van der Waals surface area contributed by atoms with E-state index in [1.54, 1.807) is 36.2 Å². The highest BCUT2D eigenvalue weighted by molar-refractivity contribution is 5.90. The molecule has 6 nitrogen and oxygen atoms in total. The van der Waals surface area contributed by atoms with E-state index in [9.17, 15) is 14.7 Å². The van der Waals surface area contributed by atoms with Gasteiger partial charge in [0.25, 0.3) is 0 Å². The van der Waals surface area contributed by atoms with Gasteiger partial charge >= 0.3 is 0 Å². The molecule has 1 saturated heterocycles. The van der Waals surface area contributed by atoms with Gasteiger partial charge in [0.2, 0.25) is 11.8 Å². The number of aromatic hydroxyl groups is 1. The Morgan fingerprint density at radius 2 is 2.10 bits per heavy atom. The Morgan fingerprint density at radius 3 is 2.71 bits per heavy atom. The largest absolute Gasteiger partial charge is 0.508 e. The zero-order valence-corrected chi connectivity index (χ0v) is 12.1. The second kappa shape index (κ2) is 6.58. The molecule has 2 atom stereocenters. The number of nitrogens with zero attached hydrogens (tertiary/aromatic N) is 1. The Labute approximate surface area is 123 Å². The van der Waals surface area contributed by atoms with Crippen molar-refractivity contribution in [3.63, 3.8) is 0 Å². The molecule has 0 bridgehead atoms. The van der Waals surface area contributed by atoms with Crippen molar-refractivity contribution < 1.29 is 14.7 Å². The molecule has 4 N–H and O–H groups in total. The number of phenolic OH excluding ortho intramolecular Hbond substituents is 1. The fourth-order valence-electron chi connectivity index (χ4n) is 2.66. The highest BCUT2D eigenvalue weighted by Gasteiger charge is 2.35. The van der Waals surface area contributed by atoms with Crippen LogP contribution in [0, 0.1) is 0 Å². The summed E-state index contributed by atoms with van der Waals surface area (Å²) in [7, 11) is 1.57. The first-order valence-electron chi connectivity index (χ1n) is 7.08. The number of likely N-dealkylation sites (N-methyl/N-ethyl adjacent to an activating group) is 1. The summed E-state index contributed by atoms with van der Waals surface area (Å²) < 4.78 is 0. The summed E-state index contributed by atoms with van der Waals surface area (Å²) in [5.74, 6) is -0.162. The summed E-state index contributed by atoms with van der Waals surface area (Å²) in [5.41, 5.74) is 6.86. The first kappa shape index (κ1) is 15.3. The highest BCUT2D eigenvalue weighted by atomic mass is 16.3. The Morgan fingerprint density at radius 1 is 1.43 bits per heavy atom. The molecule has 2 amide bonds. The highest BCUT2D eigenvalue weighted by Crippen LogP contribution is 2.19. The van der Waals surface area contributed by atoms with Gasteiger partial charge in [-0.15, -0.1) is 0 Å². The number of nitrogens with one attached hydrogen (secondary N) is 1. The van der Waals surface area contributed by atoms with Gasteiger partial charge in [0.15, 0.2) is 0 Å². The number of amides is 2. The number of phenols is 1. The third-order valence-corrected chi connectivity index (χ3v) is 3.79. The molecule has 1 aliphatic rings. The van der Waals surface area contributed by atoms with E-state index in [1.807, 2.05) is 0 Å². The number of carbonyl (C=O) groups is 2. The average molecular weight is 291 g/mol. The molecule has 2 unspecified atom stereocenters. The third kappa shape index (κ3) is 3.52. The van der Waals surface area contributed by atoms with Gasteiger partial charge in [-0.05, 0) is 37.0 Å². The van der Waals surface area contributed by atoms with Crippen LogP contribution in [0.2, 0.25) is 0 Å². The number of hydrogen-bond acceptors (Lipinski definition) is 4. The lowest BCUT2D eigenvalue weighted by Gasteiger charge is -2.26. The molecule has 0 aromatic heterocycles. The number of likely N-dealkylation sites (tertiary alicyclic amines) is 1. The van der Waals surface area contributed by atoms with Crippen molar-refractivity contribution in [1.82, 2.24) is 10.2 Å². The fourth-order valence-corrected chi connectivity index (χ4v) is 2.66. The van der Waals surface area contributed by atoms with Crippen LogP contribution in [-0.4, -0.2) is 47.5 Å². The van der Waals surface area contributed by atoms with Gasteiger partial charge in [-0.2, -0.15) is 0 Å². The summed E-state index contributed by atoms with van der Waals surface area (Å²) in [4.78, 5) is 25.8. The first-order valence-corrected chi connectivity index (χ1v) is 7.08. The standard InChI is InChI=1S/C15H21N3O3/c1-17-14(20)13-3-2-8-18(13)15(21)12(16)9-10-4-6-11(19)7-5-10/h4-7,12-13,19H,2-3,8-9,16H2,1H3,(H,17,20). The van der Waals surface area contributed by atoms with E-state index in [1.165, 1.54) is 0 Å².